The Hall–Kier alpha value is -3.60. The van der Waals surface area contributed by atoms with E-state index < -0.39 is 0 Å². The molecule has 0 bridgehead atoms. The molecule has 4 aromatic carbocycles. The van der Waals surface area contributed by atoms with Crippen molar-refractivity contribution in [2.45, 2.75) is 0 Å². The van der Waals surface area contributed by atoms with E-state index in [1.165, 1.54) is 0 Å². The summed E-state index contributed by atoms with van der Waals surface area (Å²) in [5.74, 6) is 3.40. The van der Waals surface area contributed by atoms with Crippen molar-refractivity contribution in [1.82, 2.24) is 0 Å². The predicted molar refractivity (Wildman–Crippen MR) is 137 cm³/mol. The van der Waals surface area contributed by atoms with Gasteiger partial charge in [-0.2, -0.15) is 30.3 Å². The van der Waals surface area contributed by atoms with Gasteiger partial charge in [-0.15, -0.1) is 23.8 Å². The molecular formula is C29H30FeO5. The smallest absolute Gasteiger partial charge is 0.504 e. The van der Waals surface area contributed by atoms with Crippen molar-refractivity contribution in [3.63, 3.8) is 0 Å². The van der Waals surface area contributed by atoms with Gasteiger partial charge in [-0.05, 0) is 11.6 Å². The molecule has 0 saturated heterocycles. The van der Waals surface area contributed by atoms with Crippen LogP contribution in [-0.4, -0.2) is 35.5 Å². The molecule has 0 aromatic heterocycles. The molecule has 0 aliphatic rings. The number of hydrogen-bond acceptors (Lipinski definition) is 5. The van der Waals surface area contributed by atoms with E-state index in [0.29, 0.717) is 23.0 Å². The Morgan fingerprint density at radius 1 is 0.686 bits per heavy atom. The second-order valence-electron chi connectivity index (χ2n) is 7.21. The molecular weight excluding hydrogens is 484 g/mol. The van der Waals surface area contributed by atoms with Crippen LogP contribution in [0.2, 0.25) is 0 Å². The number of hydrogen-bond donors (Lipinski definition) is 0. The number of ether oxygens (including phenoxy) is 5. The van der Waals surface area contributed by atoms with Crippen LogP contribution < -0.4 is 23.7 Å². The van der Waals surface area contributed by atoms with Crippen molar-refractivity contribution in [2.24, 2.45) is 0 Å². The summed E-state index contributed by atoms with van der Waals surface area (Å²) in [5.41, 5.74) is 3.76. The van der Waals surface area contributed by atoms with E-state index in [2.05, 4.69) is 12.1 Å². The molecule has 0 aliphatic carbocycles. The Morgan fingerprint density at radius 2 is 1.23 bits per heavy atom. The van der Waals surface area contributed by atoms with Crippen LogP contribution in [0.4, 0.5) is 0 Å². The molecule has 0 saturated carbocycles. The van der Waals surface area contributed by atoms with Crippen molar-refractivity contribution in [1.29, 1.82) is 0 Å². The second-order valence-corrected chi connectivity index (χ2v) is 7.21. The molecule has 0 atom stereocenters. The molecule has 0 radical (unpaired) electrons. The third-order valence-corrected chi connectivity index (χ3v) is 5.27. The number of rotatable bonds is 8. The van der Waals surface area contributed by atoms with E-state index in [1.807, 2.05) is 78.9 Å². The summed E-state index contributed by atoms with van der Waals surface area (Å²) in [7, 11) is 8.15. The first-order valence-corrected chi connectivity index (χ1v) is 10.8. The fraction of sp³-hybridized carbons (Fsp3) is 0.172. The summed E-state index contributed by atoms with van der Waals surface area (Å²) in [6.07, 6.45) is 2.04. The largest absolute Gasteiger partial charge is 2.00 e. The molecule has 4 aromatic rings. The molecule has 0 fully saturated rings. The van der Waals surface area contributed by atoms with E-state index in [1.54, 1.807) is 35.5 Å². The van der Waals surface area contributed by atoms with E-state index in [4.69, 9.17) is 23.7 Å². The van der Waals surface area contributed by atoms with Gasteiger partial charge in [0, 0.05) is 23.8 Å². The molecule has 5 nitrogen and oxygen atoms in total. The van der Waals surface area contributed by atoms with Crippen LogP contribution in [-0.2, 0) is 17.1 Å². The molecule has 184 valence electrons. The maximum atomic E-state index is 5.65. The Balaban J connectivity index is 0.000000640. The van der Waals surface area contributed by atoms with Gasteiger partial charge in [-0.1, -0.05) is 11.6 Å². The zero-order chi connectivity index (χ0) is 24.3. The van der Waals surface area contributed by atoms with Crippen molar-refractivity contribution < 1.29 is 40.8 Å². The van der Waals surface area contributed by atoms with Crippen LogP contribution in [0.1, 0.15) is 16.7 Å². The van der Waals surface area contributed by atoms with Gasteiger partial charge in [-0.25, -0.2) is 12.1 Å². The monoisotopic (exact) mass is 514 g/mol. The second kappa shape index (κ2) is 14.0. The molecule has 6 heteroatoms. The molecule has 4 rings (SSSR count). The summed E-state index contributed by atoms with van der Waals surface area (Å²) in [6, 6.07) is 27.6. The molecule has 0 spiro atoms. The molecule has 0 heterocycles. The summed E-state index contributed by atoms with van der Waals surface area (Å²) < 4.78 is 27.6. The standard InChI is InChI=1S/C24H25O5.C5H5.Fe/c1-25-17-10-11-19(22(12-17)27-3)20(16-8-6-7-9-16)15-21-23(28-4)13-18(26-2)14-24(21)29-5;1-2-4-5-3-1;/h6-15H,1-5H3;1-5H;/q2*-1;+2/b20-15+;;. The molecule has 0 amide bonds. The Bertz CT molecular complexity index is 1140. The van der Waals surface area contributed by atoms with Gasteiger partial charge >= 0.3 is 17.1 Å². The topological polar surface area (TPSA) is 46.2 Å². The third-order valence-electron chi connectivity index (χ3n) is 5.27. The van der Waals surface area contributed by atoms with Gasteiger partial charge in [0.2, 0.25) is 0 Å². The van der Waals surface area contributed by atoms with E-state index in [-0.39, 0.29) is 17.1 Å². The van der Waals surface area contributed by atoms with E-state index >= 15 is 0 Å². The van der Waals surface area contributed by atoms with Crippen LogP contribution in [0.3, 0.4) is 0 Å². The first kappa shape index (κ1) is 27.6. The van der Waals surface area contributed by atoms with Gasteiger partial charge in [0.05, 0.1) is 41.3 Å². The average molecular weight is 514 g/mol. The first-order valence-electron chi connectivity index (χ1n) is 10.8. The minimum absolute atomic E-state index is 0. The van der Waals surface area contributed by atoms with Crippen LogP contribution in [0, 0.1) is 0 Å². The van der Waals surface area contributed by atoms with Crippen molar-refractivity contribution >= 4 is 11.6 Å². The van der Waals surface area contributed by atoms with Crippen LogP contribution in [0.25, 0.3) is 11.6 Å². The summed E-state index contributed by atoms with van der Waals surface area (Å²) in [6.45, 7) is 0. The summed E-state index contributed by atoms with van der Waals surface area (Å²) in [5, 5.41) is 0. The van der Waals surface area contributed by atoms with Gasteiger partial charge < -0.3 is 23.7 Å². The average Bonchev–Trinajstić information content (AvgIpc) is 3.64. The normalized spacial score (nSPS) is 10.4. The predicted octanol–water partition coefficient (Wildman–Crippen LogP) is 6.44. The fourth-order valence-corrected chi connectivity index (χ4v) is 3.53. The van der Waals surface area contributed by atoms with Crippen molar-refractivity contribution in [3.05, 3.63) is 102 Å². The van der Waals surface area contributed by atoms with Gasteiger partial charge in [0.1, 0.15) is 23.0 Å². The van der Waals surface area contributed by atoms with E-state index in [0.717, 1.165) is 28.0 Å². The summed E-state index contributed by atoms with van der Waals surface area (Å²) >= 11 is 0. The summed E-state index contributed by atoms with van der Waals surface area (Å²) in [4.78, 5) is 0. The molecule has 35 heavy (non-hydrogen) atoms. The van der Waals surface area contributed by atoms with Crippen LogP contribution in [0.15, 0.2) is 84.9 Å². The maximum absolute atomic E-state index is 5.65. The minimum atomic E-state index is 0. The number of benzene rings is 2. The zero-order valence-corrected chi connectivity index (χ0v) is 21.7. The minimum Gasteiger partial charge on any atom is -0.504 e. The molecule has 0 aliphatic heterocycles. The van der Waals surface area contributed by atoms with Gasteiger partial charge in [-0.3, -0.25) is 0 Å². The van der Waals surface area contributed by atoms with Gasteiger partial charge in [0.15, 0.2) is 0 Å². The maximum Gasteiger partial charge on any atom is 2.00 e. The molecule has 0 unspecified atom stereocenters. The van der Waals surface area contributed by atoms with Crippen LogP contribution >= 0.6 is 0 Å². The Labute approximate surface area is 218 Å². The van der Waals surface area contributed by atoms with Crippen molar-refractivity contribution in [3.8, 4) is 28.7 Å². The van der Waals surface area contributed by atoms with E-state index in [9.17, 15) is 0 Å². The quantitative estimate of drug-likeness (QED) is 0.154. The van der Waals surface area contributed by atoms with Crippen molar-refractivity contribution in [2.75, 3.05) is 35.5 Å². The van der Waals surface area contributed by atoms with Crippen LogP contribution in [0.5, 0.6) is 28.7 Å². The zero-order valence-electron chi connectivity index (χ0n) is 20.6. The SMILES string of the molecule is COc1ccc(/C(=C/c2c(OC)cc(OC)cc2OC)[c-]2cccc2)c(OC)c1.[Fe+2].c1cc[cH-]c1. The fourth-order valence-electron chi connectivity index (χ4n) is 3.53. The molecule has 0 N–H and O–H groups in total. The first-order chi connectivity index (χ1) is 16.6. The Kier molecular flexibility index (Phi) is 11.0. The third kappa shape index (κ3) is 6.95. The Morgan fingerprint density at radius 3 is 1.69 bits per heavy atom. The van der Waals surface area contributed by atoms with Gasteiger partial charge in [0.25, 0.3) is 0 Å². The number of methoxy groups -OCH3 is 5.